The number of benzene rings is 1. The van der Waals surface area contributed by atoms with E-state index in [9.17, 15) is 0 Å². The molecule has 1 aliphatic heterocycles. The van der Waals surface area contributed by atoms with Crippen LogP contribution in [0.1, 0.15) is 31.4 Å². The molecular weight excluding hydrogens is 310 g/mol. The Morgan fingerprint density at radius 3 is 2.32 bits per heavy atom. The van der Waals surface area contributed by atoms with E-state index in [0.29, 0.717) is 11.8 Å². The fourth-order valence-electron chi connectivity index (χ4n) is 4.18. The number of nitrogens with zero attached hydrogens (tertiary/aromatic N) is 5. The molecule has 1 fully saturated rings. The van der Waals surface area contributed by atoms with E-state index in [4.69, 9.17) is 0 Å². The summed E-state index contributed by atoms with van der Waals surface area (Å²) in [5.74, 6) is 2.38. The Balaban J connectivity index is 1.80. The van der Waals surface area contributed by atoms with Crippen LogP contribution in [-0.2, 0) is 0 Å². The SMILES string of the molecule is Cc1cc(C)cc(-n2ncc3c(N4C[C@H](C)C[C@@H](C)C4)ncnc32)c1. The van der Waals surface area contributed by atoms with Gasteiger partial charge in [0.2, 0.25) is 0 Å². The van der Waals surface area contributed by atoms with Crippen molar-refractivity contribution in [1.82, 2.24) is 19.7 Å². The van der Waals surface area contributed by atoms with E-state index in [1.807, 2.05) is 10.9 Å². The Hall–Kier alpha value is -2.43. The Kier molecular flexibility index (Phi) is 3.94. The zero-order valence-electron chi connectivity index (χ0n) is 15.4. The van der Waals surface area contributed by atoms with Crippen LogP contribution < -0.4 is 4.90 Å². The Morgan fingerprint density at radius 1 is 0.960 bits per heavy atom. The normalized spacial score (nSPS) is 21.0. The average Bonchev–Trinajstić information content (AvgIpc) is 2.97. The maximum absolute atomic E-state index is 4.63. The van der Waals surface area contributed by atoms with Gasteiger partial charge in [0, 0.05) is 13.1 Å². The zero-order valence-corrected chi connectivity index (χ0v) is 15.4. The summed E-state index contributed by atoms with van der Waals surface area (Å²) in [6, 6.07) is 6.46. The predicted molar refractivity (Wildman–Crippen MR) is 101 cm³/mol. The van der Waals surface area contributed by atoms with Gasteiger partial charge in [0.05, 0.1) is 17.3 Å². The van der Waals surface area contributed by atoms with Gasteiger partial charge in [-0.3, -0.25) is 0 Å². The van der Waals surface area contributed by atoms with Crippen molar-refractivity contribution in [1.29, 1.82) is 0 Å². The molecule has 5 nitrogen and oxygen atoms in total. The van der Waals surface area contributed by atoms with E-state index in [1.165, 1.54) is 17.5 Å². The second-order valence-electron chi connectivity index (χ2n) is 7.69. The summed E-state index contributed by atoms with van der Waals surface area (Å²) in [6.45, 7) is 11.0. The van der Waals surface area contributed by atoms with Gasteiger partial charge in [-0.15, -0.1) is 0 Å². The van der Waals surface area contributed by atoms with Gasteiger partial charge in [-0.05, 0) is 55.4 Å². The molecule has 3 heterocycles. The number of rotatable bonds is 2. The molecular formula is C20H25N5. The maximum atomic E-state index is 4.63. The smallest absolute Gasteiger partial charge is 0.168 e. The Morgan fingerprint density at radius 2 is 1.64 bits per heavy atom. The van der Waals surface area contributed by atoms with Crippen molar-refractivity contribution in [2.75, 3.05) is 18.0 Å². The van der Waals surface area contributed by atoms with Crippen molar-refractivity contribution in [3.8, 4) is 5.69 Å². The highest BCUT2D eigenvalue weighted by molar-refractivity contribution is 5.87. The molecule has 2 aromatic heterocycles. The van der Waals surface area contributed by atoms with Crippen molar-refractivity contribution >= 4 is 16.9 Å². The first kappa shape index (κ1) is 16.1. The van der Waals surface area contributed by atoms with Crippen LogP contribution in [0.25, 0.3) is 16.7 Å². The first-order valence-electron chi connectivity index (χ1n) is 9.03. The van der Waals surface area contributed by atoms with Crippen LogP contribution in [0.3, 0.4) is 0 Å². The highest BCUT2D eigenvalue weighted by Gasteiger charge is 2.25. The lowest BCUT2D eigenvalue weighted by Crippen LogP contribution is -2.39. The van der Waals surface area contributed by atoms with Crippen LogP contribution >= 0.6 is 0 Å². The molecule has 0 amide bonds. The molecule has 0 radical (unpaired) electrons. The average molecular weight is 335 g/mol. The second-order valence-corrected chi connectivity index (χ2v) is 7.69. The lowest BCUT2D eigenvalue weighted by atomic mass is 9.92. The van der Waals surface area contributed by atoms with Gasteiger partial charge in [0.25, 0.3) is 0 Å². The van der Waals surface area contributed by atoms with Crippen LogP contribution in [0, 0.1) is 25.7 Å². The number of aryl methyl sites for hydroxylation is 2. The fraction of sp³-hybridized carbons (Fsp3) is 0.450. The third-order valence-electron chi connectivity index (χ3n) is 4.96. The lowest BCUT2D eigenvalue weighted by Gasteiger charge is -2.35. The molecule has 1 aliphatic rings. The summed E-state index contributed by atoms with van der Waals surface area (Å²) < 4.78 is 1.93. The van der Waals surface area contributed by atoms with E-state index in [0.717, 1.165) is 35.6 Å². The molecule has 0 saturated carbocycles. The minimum atomic E-state index is 0.684. The molecule has 0 bridgehead atoms. The fourth-order valence-corrected chi connectivity index (χ4v) is 4.18. The third kappa shape index (κ3) is 2.99. The molecule has 0 unspecified atom stereocenters. The van der Waals surface area contributed by atoms with Crippen molar-refractivity contribution in [3.63, 3.8) is 0 Å². The van der Waals surface area contributed by atoms with Gasteiger partial charge in [0.15, 0.2) is 5.65 Å². The number of hydrogen-bond acceptors (Lipinski definition) is 4. The highest BCUT2D eigenvalue weighted by Crippen LogP contribution is 2.30. The van der Waals surface area contributed by atoms with E-state index in [2.05, 4.69) is 65.9 Å². The van der Waals surface area contributed by atoms with E-state index in [1.54, 1.807) is 6.33 Å². The van der Waals surface area contributed by atoms with E-state index in [-0.39, 0.29) is 0 Å². The molecule has 3 aromatic rings. The number of aromatic nitrogens is 4. The van der Waals surface area contributed by atoms with Gasteiger partial charge in [-0.2, -0.15) is 5.10 Å². The Labute approximate surface area is 148 Å². The number of fused-ring (bicyclic) bond motifs is 1. The van der Waals surface area contributed by atoms with Gasteiger partial charge >= 0.3 is 0 Å². The summed E-state index contributed by atoms with van der Waals surface area (Å²) in [5, 5.41) is 5.66. The topological polar surface area (TPSA) is 46.8 Å². The third-order valence-corrected chi connectivity index (χ3v) is 4.96. The van der Waals surface area contributed by atoms with Crippen molar-refractivity contribution in [2.24, 2.45) is 11.8 Å². The molecule has 0 aliphatic carbocycles. The van der Waals surface area contributed by atoms with Crippen LogP contribution in [0.4, 0.5) is 5.82 Å². The molecule has 0 spiro atoms. The molecule has 0 N–H and O–H groups in total. The van der Waals surface area contributed by atoms with E-state index < -0.39 is 0 Å². The van der Waals surface area contributed by atoms with Crippen LogP contribution in [0.2, 0.25) is 0 Å². The minimum absolute atomic E-state index is 0.684. The van der Waals surface area contributed by atoms with Crippen molar-refractivity contribution < 1.29 is 0 Å². The van der Waals surface area contributed by atoms with Crippen LogP contribution in [-0.4, -0.2) is 32.8 Å². The lowest BCUT2D eigenvalue weighted by molar-refractivity contribution is 0.356. The molecule has 1 saturated heterocycles. The standard InChI is InChI=1S/C20H25N5/c1-13-5-14(2)8-17(7-13)25-20-18(9-23-25)19(21-12-22-20)24-10-15(3)6-16(4)11-24/h5,7-9,12,15-16H,6,10-11H2,1-4H3/t15-,16-/m1/s1. The molecule has 2 atom stereocenters. The van der Waals surface area contributed by atoms with Gasteiger partial charge < -0.3 is 4.90 Å². The minimum Gasteiger partial charge on any atom is -0.355 e. The quantitative estimate of drug-likeness (QED) is 0.712. The number of hydrogen-bond donors (Lipinski definition) is 0. The zero-order chi connectivity index (χ0) is 17.6. The van der Waals surface area contributed by atoms with Crippen molar-refractivity contribution in [3.05, 3.63) is 41.9 Å². The van der Waals surface area contributed by atoms with Gasteiger partial charge in [-0.1, -0.05) is 19.9 Å². The second kappa shape index (κ2) is 6.14. The first-order chi connectivity index (χ1) is 12.0. The first-order valence-corrected chi connectivity index (χ1v) is 9.03. The Bertz CT molecular complexity index is 883. The largest absolute Gasteiger partial charge is 0.355 e. The van der Waals surface area contributed by atoms with Gasteiger partial charge in [-0.25, -0.2) is 14.6 Å². The summed E-state index contributed by atoms with van der Waals surface area (Å²) >= 11 is 0. The summed E-state index contributed by atoms with van der Waals surface area (Å²) in [7, 11) is 0. The molecule has 25 heavy (non-hydrogen) atoms. The predicted octanol–water partition coefficient (Wildman–Crippen LogP) is 3.91. The van der Waals surface area contributed by atoms with Crippen molar-refractivity contribution in [2.45, 2.75) is 34.1 Å². The van der Waals surface area contributed by atoms with Crippen LogP contribution in [0.15, 0.2) is 30.7 Å². The molecule has 130 valence electrons. The summed E-state index contributed by atoms with van der Waals surface area (Å²) in [5.41, 5.74) is 4.39. The number of anilines is 1. The summed E-state index contributed by atoms with van der Waals surface area (Å²) in [4.78, 5) is 11.5. The molecule has 5 heteroatoms. The number of piperidine rings is 1. The molecule has 1 aromatic carbocycles. The maximum Gasteiger partial charge on any atom is 0.168 e. The van der Waals surface area contributed by atoms with Gasteiger partial charge in [0.1, 0.15) is 12.1 Å². The monoisotopic (exact) mass is 335 g/mol. The highest BCUT2D eigenvalue weighted by atomic mass is 15.3. The summed E-state index contributed by atoms with van der Waals surface area (Å²) in [6.07, 6.45) is 4.86. The van der Waals surface area contributed by atoms with Crippen LogP contribution in [0.5, 0.6) is 0 Å². The molecule has 4 rings (SSSR count). The van der Waals surface area contributed by atoms with E-state index >= 15 is 0 Å².